The van der Waals surface area contributed by atoms with E-state index in [2.05, 4.69) is 0 Å². The van der Waals surface area contributed by atoms with Gasteiger partial charge in [0.05, 0.1) is 0 Å². The Morgan fingerprint density at radius 3 is 1.16 bits per heavy atom. The maximum absolute atomic E-state index is 12.7. The van der Waals surface area contributed by atoms with Gasteiger partial charge in [0.15, 0.2) is 6.17 Å². The topological polar surface area (TPSA) is 0 Å². The van der Waals surface area contributed by atoms with Gasteiger partial charge in [0.2, 0.25) is 5.41 Å². The molecule has 0 aromatic heterocycles. The van der Waals surface area contributed by atoms with Crippen molar-refractivity contribution < 1.29 is 52.7 Å². The van der Waals surface area contributed by atoms with Crippen molar-refractivity contribution in [2.24, 2.45) is 11.3 Å². The Hall–Kier alpha value is -0.840. The minimum absolute atomic E-state index is 4.62. The van der Waals surface area contributed by atoms with E-state index in [9.17, 15) is 52.7 Å². The molecule has 19 heavy (non-hydrogen) atoms. The van der Waals surface area contributed by atoms with Crippen LogP contribution in [0.25, 0.3) is 0 Å². The summed E-state index contributed by atoms with van der Waals surface area (Å²) in [6.45, 7) is 0. The van der Waals surface area contributed by atoms with E-state index in [0.717, 1.165) is 0 Å². The fourth-order valence-electron chi connectivity index (χ4n) is 2.06. The molecule has 0 aromatic rings. The maximum atomic E-state index is 12.7. The Balaban J connectivity index is 3.60. The van der Waals surface area contributed by atoms with Gasteiger partial charge in [-0.3, -0.25) is 0 Å². The molecule has 0 radical (unpaired) electrons. The first-order chi connectivity index (χ1) is 8.03. The molecule has 12 heteroatoms. The fraction of sp³-hybridized carbons (Fsp3) is 1.00. The zero-order valence-electron chi connectivity index (χ0n) is 8.19. The van der Waals surface area contributed by atoms with Gasteiger partial charge in [-0.05, 0) is 0 Å². The summed E-state index contributed by atoms with van der Waals surface area (Å²) in [6, 6.07) is 0. The second-order valence-electron chi connectivity index (χ2n) is 3.85. The molecule has 0 amide bonds. The lowest BCUT2D eigenvalue weighted by Gasteiger charge is -2.57. The van der Waals surface area contributed by atoms with Crippen molar-refractivity contribution in [1.82, 2.24) is 0 Å². The monoisotopic (exact) mass is 314 g/mol. The number of alkyl halides is 12. The predicted molar refractivity (Wildman–Crippen MR) is 33.9 cm³/mol. The van der Waals surface area contributed by atoms with Crippen LogP contribution < -0.4 is 0 Å². The second-order valence-corrected chi connectivity index (χ2v) is 3.85. The van der Waals surface area contributed by atoms with E-state index in [4.69, 9.17) is 0 Å². The molecule has 0 heterocycles. The van der Waals surface area contributed by atoms with Crippen LogP contribution in [0.4, 0.5) is 52.7 Å². The second kappa shape index (κ2) is 3.62. The standard InChI is InChI=1S/C7H2F12/c8-2-1(5(11,12)13)3(4(2,9)10,6(14,15)16)7(17,18)19/h1-2H. The summed E-state index contributed by atoms with van der Waals surface area (Å²) in [7, 11) is 0. The highest BCUT2D eigenvalue weighted by Gasteiger charge is 2.99. The van der Waals surface area contributed by atoms with Crippen LogP contribution in [0.3, 0.4) is 0 Å². The Morgan fingerprint density at radius 1 is 0.684 bits per heavy atom. The fourth-order valence-corrected chi connectivity index (χ4v) is 2.06. The molecule has 0 aliphatic heterocycles. The van der Waals surface area contributed by atoms with E-state index in [1.165, 1.54) is 0 Å². The third kappa shape index (κ3) is 1.70. The number of halogens is 12. The molecule has 1 aliphatic carbocycles. The molecule has 0 saturated heterocycles. The van der Waals surface area contributed by atoms with Gasteiger partial charge in [0, 0.05) is 0 Å². The average molecular weight is 314 g/mol. The van der Waals surface area contributed by atoms with Gasteiger partial charge in [-0.15, -0.1) is 0 Å². The number of rotatable bonds is 0. The quantitative estimate of drug-likeness (QED) is 0.586. The summed E-state index contributed by atoms with van der Waals surface area (Å²) >= 11 is 0. The zero-order valence-corrected chi connectivity index (χ0v) is 8.19. The first-order valence-electron chi connectivity index (χ1n) is 4.25. The third-order valence-corrected chi connectivity index (χ3v) is 2.88. The Bertz CT molecular complexity index is 342. The minimum atomic E-state index is -7.02. The third-order valence-electron chi connectivity index (χ3n) is 2.88. The van der Waals surface area contributed by atoms with Gasteiger partial charge in [0.1, 0.15) is 5.92 Å². The molecule has 0 aromatic carbocycles. The van der Waals surface area contributed by atoms with Crippen LogP contribution >= 0.6 is 0 Å². The first-order valence-corrected chi connectivity index (χ1v) is 4.25. The van der Waals surface area contributed by atoms with Crippen molar-refractivity contribution in [3.63, 3.8) is 0 Å². The van der Waals surface area contributed by atoms with Gasteiger partial charge in [0.25, 0.3) is 0 Å². The van der Waals surface area contributed by atoms with E-state index in [-0.39, 0.29) is 0 Å². The Kier molecular flexibility index (Phi) is 3.09. The number of hydrogen-bond acceptors (Lipinski definition) is 0. The SMILES string of the molecule is FC1C(C(F)(F)F)C(C(F)(F)F)(C(F)(F)F)C1(F)F. The van der Waals surface area contributed by atoms with E-state index in [1.54, 1.807) is 0 Å². The van der Waals surface area contributed by atoms with E-state index < -0.39 is 42.0 Å². The molecule has 2 unspecified atom stereocenters. The normalized spacial score (nSPS) is 30.9. The molecular weight excluding hydrogens is 312 g/mol. The van der Waals surface area contributed by atoms with Gasteiger partial charge in [-0.25, -0.2) is 13.2 Å². The van der Waals surface area contributed by atoms with E-state index in [0.29, 0.717) is 0 Å². The Labute approximate surface area is 95.9 Å². The van der Waals surface area contributed by atoms with Gasteiger partial charge in [-0.1, -0.05) is 0 Å². The summed E-state index contributed by atoms with van der Waals surface area (Å²) in [6.07, 6.45) is -25.1. The molecule has 0 nitrogen and oxygen atoms in total. The summed E-state index contributed by atoms with van der Waals surface area (Å²) in [5.41, 5.74) is -6.47. The molecule has 1 aliphatic rings. The highest BCUT2D eigenvalue weighted by molar-refractivity contribution is 5.23. The van der Waals surface area contributed by atoms with Crippen LogP contribution in [0.2, 0.25) is 0 Å². The van der Waals surface area contributed by atoms with Crippen LogP contribution in [-0.2, 0) is 0 Å². The number of hydrogen-bond donors (Lipinski definition) is 0. The van der Waals surface area contributed by atoms with E-state index in [1.807, 2.05) is 0 Å². The lowest BCUT2D eigenvalue weighted by molar-refractivity contribution is -0.506. The molecular formula is C7H2F12. The summed E-state index contributed by atoms with van der Waals surface area (Å²) in [5, 5.41) is 0. The lowest BCUT2D eigenvalue weighted by Crippen LogP contribution is -2.81. The van der Waals surface area contributed by atoms with Crippen LogP contribution in [0.5, 0.6) is 0 Å². The van der Waals surface area contributed by atoms with Crippen LogP contribution in [0.1, 0.15) is 0 Å². The average Bonchev–Trinajstić information content (AvgIpc) is 2.05. The van der Waals surface area contributed by atoms with Gasteiger partial charge < -0.3 is 0 Å². The predicted octanol–water partition coefficient (Wildman–Crippen LogP) is 4.26. The van der Waals surface area contributed by atoms with Gasteiger partial charge >= 0.3 is 24.5 Å². The van der Waals surface area contributed by atoms with E-state index >= 15 is 0 Å². The van der Waals surface area contributed by atoms with Gasteiger partial charge in [-0.2, -0.15) is 39.5 Å². The van der Waals surface area contributed by atoms with Crippen molar-refractivity contribution in [2.45, 2.75) is 30.6 Å². The van der Waals surface area contributed by atoms with Crippen LogP contribution in [0, 0.1) is 11.3 Å². The molecule has 1 rings (SSSR count). The maximum Gasteiger partial charge on any atom is 0.409 e. The molecule has 0 N–H and O–H groups in total. The molecule has 0 bridgehead atoms. The van der Waals surface area contributed by atoms with Crippen LogP contribution in [0.15, 0.2) is 0 Å². The molecule has 1 fully saturated rings. The largest absolute Gasteiger partial charge is 0.409 e. The Morgan fingerprint density at radius 2 is 1.00 bits per heavy atom. The lowest BCUT2D eigenvalue weighted by atomic mass is 9.54. The molecule has 2 atom stereocenters. The molecule has 114 valence electrons. The summed E-state index contributed by atoms with van der Waals surface area (Å²) < 4.78 is 148. The highest BCUT2D eigenvalue weighted by atomic mass is 19.4. The first kappa shape index (κ1) is 16.2. The van der Waals surface area contributed by atoms with Crippen molar-refractivity contribution in [3.8, 4) is 0 Å². The van der Waals surface area contributed by atoms with Crippen LogP contribution in [-0.4, -0.2) is 30.6 Å². The summed E-state index contributed by atoms with van der Waals surface area (Å²) in [4.78, 5) is 0. The smallest absolute Gasteiger partial charge is 0.240 e. The van der Waals surface area contributed by atoms with Crippen molar-refractivity contribution in [1.29, 1.82) is 0 Å². The van der Waals surface area contributed by atoms with Crippen molar-refractivity contribution >= 4 is 0 Å². The summed E-state index contributed by atoms with van der Waals surface area (Å²) in [5.74, 6) is -11.1. The minimum Gasteiger partial charge on any atom is -0.240 e. The van der Waals surface area contributed by atoms with Crippen molar-refractivity contribution in [2.75, 3.05) is 0 Å². The zero-order chi connectivity index (χ0) is 15.7. The molecule has 0 spiro atoms. The van der Waals surface area contributed by atoms with Crippen molar-refractivity contribution in [3.05, 3.63) is 0 Å². The highest BCUT2D eigenvalue weighted by Crippen LogP contribution is 2.75. The molecule has 1 saturated carbocycles.